The molecule has 1 aromatic carbocycles. The van der Waals surface area contributed by atoms with Crippen LogP contribution in [0.15, 0.2) is 18.2 Å². The van der Waals surface area contributed by atoms with E-state index in [-0.39, 0.29) is 17.5 Å². The molecule has 1 unspecified atom stereocenters. The van der Waals surface area contributed by atoms with Crippen LogP contribution in [-0.2, 0) is 6.42 Å². The van der Waals surface area contributed by atoms with E-state index in [1.165, 1.54) is 6.07 Å². The molecule has 0 fully saturated rings. The lowest BCUT2D eigenvalue weighted by molar-refractivity contribution is 0.0912. The van der Waals surface area contributed by atoms with Gasteiger partial charge in [0.05, 0.1) is 0 Å². The van der Waals surface area contributed by atoms with Gasteiger partial charge in [-0.05, 0) is 24.5 Å². The average molecular weight is 178 g/mol. The first-order chi connectivity index (χ1) is 6.20. The van der Waals surface area contributed by atoms with E-state index in [1.807, 2.05) is 6.92 Å². The van der Waals surface area contributed by atoms with E-state index >= 15 is 0 Å². The van der Waals surface area contributed by atoms with Crippen molar-refractivity contribution < 1.29 is 9.18 Å². The highest BCUT2D eigenvalue weighted by atomic mass is 19.1. The highest BCUT2D eigenvalue weighted by Crippen LogP contribution is 2.26. The molecule has 1 nitrogen and oxygen atoms in total. The zero-order valence-electron chi connectivity index (χ0n) is 7.51. The van der Waals surface area contributed by atoms with Gasteiger partial charge in [0.15, 0.2) is 5.78 Å². The molecule has 0 aromatic heterocycles. The molecule has 0 aliphatic heterocycles. The molecule has 0 radical (unpaired) electrons. The number of halogens is 1. The molecule has 0 heterocycles. The topological polar surface area (TPSA) is 17.1 Å². The van der Waals surface area contributed by atoms with Crippen LogP contribution in [0.3, 0.4) is 0 Å². The maximum Gasteiger partial charge on any atom is 0.166 e. The molecule has 0 N–H and O–H groups in total. The Bertz CT molecular complexity index is 357. The number of hydrogen-bond donors (Lipinski definition) is 0. The largest absolute Gasteiger partial charge is 0.294 e. The van der Waals surface area contributed by atoms with Gasteiger partial charge in [0, 0.05) is 11.5 Å². The van der Waals surface area contributed by atoms with Crippen molar-refractivity contribution in [1.29, 1.82) is 0 Å². The van der Waals surface area contributed by atoms with Crippen LogP contribution in [0.1, 0.15) is 29.3 Å². The van der Waals surface area contributed by atoms with Crippen molar-refractivity contribution in [2.75, 3.05) is 0 Å². The van der Waals surface area contributed by atoms with E-state index in [0.29, 0.717) is 17.5 Å². The summed E-state index contributed by atoms with van der Waals surface area (Å²) in [5.74, 6) is -0.104. The molecule has 0 spiro atoms. The smallest absolute Gasteiger partial charge is 0.166 e. The zero-order valence-corrected chi connectivity index (χ0v) is 7.51. The van der Waals surface area contributed by atoms with Gasteiger partial charge in [-0.1, -0.05) is 19.1 Å². The maximum atomic E-state index is 13.2. The van der Waals surface area contributed by atoms with E-state index in [1.54, 1.807) is 12.1 Å². The van der Waals surface area contributed by atoms with Gasteiger partial charge in [0.2, 0.25) is 0 Å². The minimum absolute atomic E-state index is 0.0503. The second-order valence-corrected chi connectivity index (χ2v) is 3.57. The molecule has 1 atom stereocenters. The highest BCUT2D eigenvalue weighted by Gasteiger charge is 2.25. The molecule has 2 rings (SSSR count). The van der Waals surface area contributed by atoms with Gasteiger partial charge in [-0.3, -0.25) is 4.79 Å². The quantitative estimate of drug-likeness (QED) is 0.596. The van der Waals surface area contributed by atoms with Crippen molar-refractivity contribution in [3.63, 3.8) is 0 Å². The second-order valence-electron chi connectivity index (χ2n) is 3.57. The summed E-state index contributed by atoms with van der Waals surface area (Å²) in [6.07, 6.45) is 1.46. The third-order valence-electron chi connectivity index (χ3n) is 2.66. The Balaban J connectivity index is 2.55. The molecule has 1 aliphatic rings. The first-order valence-corrected chi connectivity index (χ1v) is 4.51. The van der Waals surface area contributed by atoms with Gasteiger partial charge in [-0.2, -0.15) is 0 Å². The predicted molar refractivity (Wildman–Crippen MR) is 48.2 cm³/mol. The van der Waals surface area contributed by atoms with E-state index in [2.05, 4.69) is 0 Å². The Morgan fingerprint density at radius 2 is 2.23 bits per heavy atom. The molecule has 13 heavy (non-hydrogen) atoms. The van der Waals surface area contributed by atoms with Gasteiger partial charge in [0.1, 0.15) is 5.82 Å². The van der Waals surface area contributed by atoms with Crippen molar-refractivity contribution in [1.82, 2.24) is 0 Å². The summed E-state index contributed by atoms with van der Waals surface area (Å²) in [7, 11) is 0. The Kier molecular flexibility index (Phi) is 1.91. The van der Waals surface area contributed by atoms with Crippen molar-refractivity contribution in [2.45, 2.75) is 19.8 Å². The van der Waals surface area contributed by atoms with E-state index in [4.69, 9.17) is 0 Å². The van der Waals surface area contributed by atoms with Crippen LogP contribution in [0, 0.1) is 11.7 Å². The predicted octanol–water partition coefficient (Wildman–Crippen LogP) is 2.59. The first-order valence-electron chi connectivity index (χ1n) is 4.51. The summed E-state index contributed by atoms with van der Waals surface area (Å²) < 4.78 is 13.2. The molecule has 0 saturated carbocycles. The summed E-state index contributed by atoms with van der Waals surface area (Å²) in [4.78, 5) is 11.6. The Morgan fingerprint density at radius 3 is 3.00 bits per heavy atom. The Hall–Kier alpha value is -1.18. The molecule has 0 amide bonds. The van der Waals surface area contributed by atoms with Crippen LogP contribution < -0.4 is 0 Å². The van der Waals surface area contributed by atoms with Gasteiger partial charge in [0.25, 0.3) is 0 Å². The molecule has 2 heteroatoms. The van der Waals surface area contributed by atoms with Crippen LogP contribution in [0.4, 0.5) is 4.39 Å². The fraction of sp³-hybridized carbons (Fsp3) is 0.364. The Labute approximate surface area is 76.6 Å². The number of benzene rings is 1. The normalized spacial score (nSPS) is 21.4. The van der Waals surface area contributed by atoms with Crippen LogP contribution in [-0.4, -0.2) is 5.78 Å². The Morgan fingerprint density at radius 1 is 1.46 bits per heavy atom. The number of Topliss-reactive ketones (excluding diaryl/α,β-unsaturated/α-hetero) is 1. The number of carbonyl (C=O) groups excluding carboxylic acids is 1. The zero-order chi connectivity index (χ0) is 9.42. The molecule has 1 aliphatic carbocycles. The standard InChI is InChI=1S/C11H11FO/c1-7-5-6-8-9(11(7)13)3-2-4-10(8)12/h2-4,7H,5-6H2,1H3. The number of carbonyl (C=O) groups is 1. The van der Waals surface area contributed by atoms with Crippen molar-refractivity contribution in [3.05, 3.63) is 35.1 Å². The van der Waals surface area contributed by atoms with Crippen LogP contribution in [0.2, 0.25) is 0 Å². The summed E-state index contributed by atoms with van der Waals surface area (Å²) in [6, 6.07) is 4.74. The lowest BCUT2D eigenvalue weighted by Crippen LogP contribution is -2.20. The average Bonchev–Trinajstić information content (AvgIpc) is 2.12. The van der Waals surface area contributed by atoms with Gasteiger partial charge < -0.3 is 0 Å². The van der Waals surface area contributed by atoms with Crippen molar-refractivity contribution in [2.24, 2.45) is 5.92 Å². The third-order valence-corrected chi connectivity index (χ3v) is 2.66. The number of hydrogen-bond acceptors (Lipinski definition) is 1. The van der Waals surface area contributed by atoms with Gasteiger partial charge in [-0.15, -0.1) is 0 Å². The summed E-state index contributed by atoms with van der Waals surface area (Å²) in [5, 5.41) is 0. The molecular weight excluding hydrogens is 167 g/mol. The van der Waals surface area contributed by atoms with Crippen LogP contribution in [0.25, 0.3) is 0 Å². The SMILES string of the molecule is CC1CCc2c(F)cccc2C1=O. The lowest BCUT2D eigenvalue weighted by Gasteiger charge is -2.20. The van der Waals surface area contributed by atoms with Crippen molar-refractivity contribution >= 4 is 5.78 Å². The monoisotopic (exact) mass is 178 g/mol. The minimum Gasteiger partial charge on any atom is -0.294 e. The van der Waals surface area contributed by atoms with E-state index < -0.39 is 0 Å². The summed E-state index contributed by atoms with van der Waals surface area (Å²) in [5.41, 5.74) is 1.18. The second kappa shape index (κ2) is 2.95. The fourth-order valence-electron chi connectivity index (χ4n) is 1.80. The lowest BCUT2D eigenvalue weighted by atomic mass is 9.84. The fourth-order valence-corrected chi connectivity index (χ4v) is 1.80. The summed E-state index contributed by atoms with van der Waals surface area (Å²) in [6.45, 7) is 1.90. The van der Waals surface area contributed by atoms with Gasteiger partial charge in [-0.25, -0.2) is 4.39 Å². The van der Waals surface area contributed by atoms with Crippen LogP contribution >= 0.6 is 0 Å². The number of ketones is 1. The molecule has 0 bridgehead atoms. The van der Waals surface area contributed by atoms with E-state index in [9.17, 15) is 9.18 Å². The number of fused-ring (bicyclic) bond motifs is 1. The molecule has 1 aromatic rings. The van der Waals surface area contributed by atoms with E-state index in [0.717, 1.165) is 6.42 Å². The molecule has 0 saturated heterocycles. The summed E-state index contributed by atoms with van der Waals surface area (Å²) >= 11 is 0. The van der Waals surface area contributed by atoms with Gasteiger partial charge >= 0.3 is 0 Å². The van der Waals surface area contributed by atoms with Crippen LogP contribution in [0.5, 0.6) is 0 Å². The number of rotatable bonds is 0. The minimum atomic E-state index is -0.238. The maximum absolute atomic E-state index is 13.2. The molecular formula is C11H11FO. The highest BCUT2D eigenvalue weighted by molar-refractivity contribution is 5.99. The first kappa shape index (κ1) is 8.42. The van der Waals surface area contributed by atoms with Crippen molar-refractivity contribution in [3.8, 4) is 0 Å². The third kappa shape index (κ3) is 1.26. The molecule has 68 valence electrons.